The predicted octanol–water partition coefficient (Wildman–Crippen LogP) is 3.17. The molecule has 0 fully saturated rings. The number of hydrogen-bond acceptors (Lipinski definition) is 2. The van der Waals surface area contributed by atoms with Gasteiger partial charge in [-0.25, -0.2) is 0 Å². The molecule has 0 N–H and O–H groups in total. The topological polar surface area (TPSA) is 33.5 Å². The van der Waals surface area contributed by atoms with Gasteiger partial charge >= 0.3 is 0 Å². The largest absolute Gasteiger partial charge is 0.464 e. The third-order valence-corrected chi connectivity index (χ3v) is 2.80. The van der Waals surface area contributed by atoms with Gasteiger partial charge in [0.15, 0.2) is 0 Å². The summed E-state index contributed by atoms with van der Waals surface area (Å²) in [6.07, 6.45) is 0. The molecule has 18 heavy (non-hydrogen) atoms. The monoisotopic (exact) mass is 243 g/mol. The fourth-order valence-corrected chi connectivity index (χ4v) is 1.87. The van der Waals surface area contributed by atoms with E-state index in [4.69, 9.17) is 4.42 Å². The molecule has 3 heteroatoms. The van der Waals surface area contributed by atoms with Crippen molar-refractivity contribution in [2.45, 2.75) is 20.4 Å². The van der Waals surface area contributed by atoms with E-state index in [0.717, 1.165) is 17.1 Å². The molecular weight excluding hydrogens is 226 g/mol. The first-order valence-electron chi connectivity index (χ1n) is 5.94. The molecule has 0 atom stereocenters. The Hall–Kier alpha value is -2.03. The summed E-state index contributed by atoms with van der Waals surface area (Å²) < 4.78 is 5.47. The lowest BCUT2D eigenvalue weighted by molar-refractivity contribution is 0.0775. The normalized spacial score (nSPS) is 10.4. The highest BCUT2D eigenvalue weighted by Gasteiger charge is 2.13. The number of benzene rings is 1. The summed E-state index contributed by atoms with van der Waals surface area (Å²) in [5, 5.41) is 0. The van der Waals surface area contributed by atoms with Crippen molar-refractivity contribution in [2.24, 2.45) is 0 Å². The van der Waals surface area contributed by atoms with Crippen LogP contribution in [0, 0.1) is 13.8 Å². The van der Waals surface area contributed by atoms with Gasteiger partial charge in [-0.1, -0.05) is 17.7 Å². The Labute approximate surface area is 107 Å². The average molecular weight is 243 g/mol. The molecule has 0 aliphatic heterocycles. The molecule has 0 saturated heterocycles. The SMILES string of the molecule is Cc1cccc(C(=O)N(C)Cc2ccc(C)o2)c1. The van der Waals surface area contributed by atoms with Gasteiger partial charge in [0.05, 0.1) is 6.54 Å². The van der Waals surface area contributed by atoms with Gasteiger partial charge in [0.1, 0.15) is 11.5 Å². The Morgan fingerprint density at radius 3 is 2.61 bits per heavy atom. The Bertz CT molecular complexity index is 557. The second-order valence-electron chi connectivity index (χ2n) is 4.54. The molecule has 94 valence electrons. The van der Waals surface area contributed by atoms with Crippen LogP contribution in [0.25, 0.3) is 0 Å². The van der Waals surface area contributed by atoms with Gasteiger partial charge in [-0.15, -0.1) is 0 Å². The summed E-state index contributed by atoms with van der Waals surface area (Å²) in [4.78, 5) is 13.9. The zero-order chi connectivity index (χ0) is 13.1. The lowest BCUT2D eigenvalue weighted by atomic mass is 10.1. The van der Waals surface area contributed by atoms with Crippen molar-refractivity contribution in [3.05, 3.63) is 59.0 Å². The number of carbonyl (C=O) groups is 1. The Balaban J connectivity index is 2.09. The van der Waals surface area contributed by atoms with E-state index < -0.39 is 0 Å². The fraction of sp³-hybridized carbons (Fsp3) is 0.267. The number of amides is 1. The Kier molecular flexibility index (Phi) is 3.51. The lowest BCUT2D eigenvalue weighted by Crippen LogP contribution is -2.26. The maximum absolute atomic E-state index is 12.2. The van der Waals surface area contributed by atoms with Crippen molar-refractivity contribution >= 4 is 5.91 Å². The lowest BCUT2D eigenvalue weighted by Gasteiger charge is -2.16. The third kappa shape index (κ3) is 2.80. The maximum atomic E-state index is 12.2. The molecule has 2 aromatic rings. The van der Waals surface area contributed by atoms with E-state index in [2.05, 4.69) is 0 Å². The van der Waals surface area contributed by atoms with Crippen LogP contribution in [0.4, 0.5) is 0 Å². The summed E-state index contributed by atoms with van der Waals surface area (Å²) >= 11 is 0. The summed E-state index contributed by atoms with van der Waals surface area (Å²) in [6.45, 7) is 4.36. The van der Waals surface area contributed by atoms with Crippen molar-refractivity contribution in [2.75, 3.05) is 7.05 Å². The van der Waals surface area contributed by atoms with Crippen LogP contribution in [-0.4, -0.2) is 17.9 Å². The third-order valence-electron chi connectivity index (χ3n) is 2.80. The van der Waals surface area contributed by atoms with Crippen LogP contribution in [0.1, 0.15) is 27.4 Å². The molecule has 0 spiro atoms. The molecule has 0 radical (unpaired) electrons. The first-order chi connectivity index (χ1) is 8.56. The molecule has 0 aliphatic carbocycles. The van der Waals surface area contributed by atoms with Crippen LogP contribution in [0.2, 0.25) is 0 Å². The fourth-order valence-electron chi connectivity index (χ4n) is 1.87. The van der Waals surface area contributed by atoms with Gasteiger partial charge in [0, 0.05) is 12.6 Å². The number of aryl methyl sites for hydroxylation is 2. The molecule has 1 amide bonds. The predicted molar refractivity (Wildman–Crippen MR) is 70.4 cm³/mol. The van der Waals surface area contributed by atoms with E-state index in [1.54, 1.807) is 11.9 Å². The zero-order valence-electron chi connectivity index (χ0n) is 10.9. The van der Waals surface area contributed by atoms with E-state index in [-0.39, 0.29) is 5.91 Å². The highest BCUT2D eigenvalue weighted by molar-refractivity contribution is 5.94. The molecular formula is C15H17NO2. The quantitative estimate of drug-likeness (QED) is 0.829. The molecule has 2 rings (SSSR count). The van der Waals surface area contributed by atoms with Gasteiger partial charge in [-0.2, -0.15) is 0 Å². The van der Waals surface area contributed by atoms with Crippen LogP contribution in [0.5, 0.6) is 0 Å². The second kappa shape index (κ2) is 5.08. The van der Waals surface area contributed by atoms with Crippen LogP contribution in [0.3, 0.4) is 0 Å². The smallest absolute Gasteiger partial charge is 0.254 e. The Morgan fingerprint density at radius 2 is 2.00 bits per heavy atom. The van der Waals surface area contributed by atoms with Crippen LogP contribution in [-0.2, 0) is 6.54 Å². The molecule has 1 aromatic heterocycles. The van der Waals surface area contributed by atoms with Crippen molar-refractivity contribution < 1.29 is 9.21 Å². The molecule has 0 saturated carbocycles. The van der Waals surface area contributed by atoms with E-state index in [9.17, 15) is 4.79 Å². The number of nitrogens with zero attached hydrogens (tertiary/aromatic N) is 1. The van der Waals surface area contributed by atoms with E-state index in [1.165, 1.54) is 0 Å². The van der Waals surface area contributed by atoms with Crippen LogP contribution in [0.15, 0.2) is 40.8 Å². The van der Waals surface area contributed by atoms with Crippen LogP contribution < -0.4 is 0 Å². The molecule has 1 aromatic carbocycles. The second-order valence-corrected chi connectivity index (χ2v) is 4.54. The minimum absolute atomic E-state index is 0.00718. The summed E-state index contributed by atoms with van der Waals surface area (Å²) in [6, 6.07) is 11.4. The van der Waals surface area contributed by atoms with Crippen molar-refractivity contribution in [3.8, 4) is 0 Å². The van der Waals surface area contributed by atoms with E-state index >= 15 is 0 Å². The van der Waals surface area contributed by atoms with Gasteiger partial charge in [-0.05, 0) is 38.1 Å². The summed E-state index contributed by atoms with van der Waals surface area (Å²) in [5.41, 5.74) is 1.80. The molecule has 0 aliphatic rings. The number of hydrogen-bond donors (Lipinski definition) is 0. The van der Waals surface area contributed by atoms with Crippen molar-refractivity contribution in [1.82, 2.24) is 4.90 Å². The molecule has 0 unspecified atom stereocenters. The first kappa shape index (κ1) is 12.4. The molecule has 1 heterocycles. The highest BCUT2D eigenvalue weighted by atomic mass is 16.3. The standard InChI is InChI=1S/C15H17NO2/c1-11-5-4-6-13(9-11)15(17)16(3)10-14-8-7-12(2)18-14/h4-9H,10H2,1-3H3. The first-order valence-corrected chi connectivity index (χ1v) is 5.94. The Morgan fingerprint density at radius 1 is 1.22 bits per heavy atom. The number of carbonyl (C=O) groups excluding carboxylic acids is 1. The minimum Gasteiger partial charge on any atom is -0.464 e. The zero-order valence-corrected chi connectivity index (χ0v) is 10.9. The summed E-state index contributed by atoms with van der Waals surface area (Å²) in [7, 11) is 1.78. The van der Waals surface area contributed by atoms with Gasteiger partial charge in [0.25, 0.3) is 5.91 Å². The number of rotatable bonds is 3. The van der Waals surface area contributed by atoms with Gasteiger partial charge < -0.3 is 9.32 Å². The van der Waals surface area contributed by atoms with Gasteiger partial charge in [0.2, 0.25) is 0 Å². The minimum atomic E-state index is 0.00718. The highest BCUT2D eigenvalue weighted by Crippen LogP contribution is 2.12. The maximum Gasteiger partial charge on any atom is 0.254 e. The van der Waals surface area contributed by atoms with Gasteiger partial charge in [-0.3, -0.25) is 4.79 Å². The molecule has 3 nitrogen and oxygen atoms in total. The van der Waals surface area contributed by atoms with Crippen LogP contribution >= 0.6 is 0 Å². The average Bonchev–Trinajstić information content (AvgIpc) is 2.73. The van der Waals surface area contributed by atoms with Crippen molar-refractivity contribution in [1.29, 1.82) is 0 Å². The van der Waals surface area contributed by atoms with Crippen molar-refractivity contribution in [3.63, 3.8) is 0 Å². The molecule has 0 bridgehead atoms. The number of furan rings is 1. The van der Waals surface area contributed by atoms with E-state index in [1.807, 2.05) is 50.2 Å². The summed E-state index contributed by atoms with van der Waals surface area (Å²) in [5.74, 6) is 1.67. The van der Waals surface area contributed by atoms with E-state index in [0.29, 0.717) is 12.1 Å².